The Kier molecular flexibility index (Phi) is 11.7. The van der Waals surface area contributed by atoms with Gasteiger partial charge in [-0.25, -0.2) is 0 Å². The molecule has 0 N–H and O–H groups in total. The summed E-state index contributed by atoms with van der Waals surface area (Å²) in [6.07, 6.45) is 0. The topological polar surface area (TPSA) is 3.24 Å². The number of hydrogen-bond acceptors (Lipinski definition) is 1. The van der Waals surface area contributed by atoms with Crippen molar-refractivity contribution in [3.63, 3.8) is 0 Å². The third-order valence-electron chi connectivity index (χ3n) is 13.7. The molecule has 0 amide bonds. The fourth-order valence-electron chi connectivity index (χ4n) is 10.4. The van der Waals surface area contributed by atoms with Gasteiger partial charge in [-0.15, -0.1) is 0 Å². The van der Waals surface area contributed by atoms with Crippen LogP contribution in [0.1, 0.15) is 0 Å². The molecule has 0 aliphatic carbocycles. The first-order chi connectivity index (χ1) is 35.3. The smallest absolute Gasteiger partial charge is 0.0540 e. The third kappa shape index (κ3) is 8.41. The van der Waals surface area contributed by atoms with E-state index in [2.05, 4.69) is 302 Å². The maximum absolute atomic E-state index is 2.48. The highest BCUT2D eigenvalue weighted by Gasteiger charge is 2.24. The number of anilines is 3. The molecule has 1 nitrogen and oxygen atoms in total. The van der Waals surface area contributed by atoms with Gasteiger partial charge in [-0.05, 0) is 119 Å². The van der Waals surface area contributed by atoms with Gasteiger partial charge in [-0.3, -0.25) is 0 Å². The Labute approximate surface area is 416 Å². The van der Waals surface area contributed by atoms with Crippen LogP contribution < -0.4 is 4.90 Å². The van der Waals surface area contributed by atoms with Gasteiger partial charge >= 0.3 is 0 Å². The summed E-state index contributed by atoms with van der Waals surface area (Å²) in [5.74, 6) is 0. The van der Waals surface area contributed by atoms with Crippen LogP contribution in [-0.2, 0) is 0 Å². The zero-order valence-corrected chi connectivity index (χ0v) is 39.2. The van der Waals surface area contributed by atoms with Crippen LogP contribution in [0.3, 0.4) is 0 Å². The molecule has 0 atom stereocenters. The first-order valence-electron chi connectivity index (χ1n) is 24.4. The van der Waals surface area contributed by atoms with Gasteiger partial charge in [0.2, 0.25) is 0 Å². The lowest BCUT2D eigenvalue weighted by atomic mass is 9.88. The van der Waals surface area contributed by atoms with Gasteiger partial charge in [-0.2, -0.15) is 0 Å². The summed E-state index contributed by atoms with van der Waals surface area (Å²) >= 11 is 0. The molecule has 0 aromatic heterocycles. The maximum Gasteiger partial charge on any atom is 0.0540 e. The molecule has 0 heterocycles. The van der Waals surface area contributed by atoms with Crippen LogP contribution in [0.5, 0.6) is 0 Å². The van der Waals surface area contributed by atoms with E-state index in [-0.39, 0.29) is 0 Å². The average Bonchev–Trinajstić information content (AvgIpc) is 3.46. The second-order valence-corrected chi connectivity index (χ2v) is 17.9. The molecule has 1 heteroatoms. The molecule has 71 heavy (non-hydrogen) atoms. The number of fused-ring (bicyclic) bond motifs is 1. The molecule has 12 rings (SSSR count). The van der Waals surface area contributed by atoms with Crippen molar-refractivity contribution in [2.45, 2.75) is 0 Å². The molecular weight excluding hydrogens is 855 g/mol. The van der Waals surface area contributed by atoms with Crippen LogP contribution in [0, 0.1) is 0 Å². The first-order valence-corrected chi connectivity index (χ1v) is 24.4. The number of rotatable bonds is 11. The fourth-order valence-corrected chi connectivity index (χ4v) is 10.4. The fraction of sp³-hybridized carbons (Fsp3) is 0. The van der Waals surface area contributed by atoms with Crippen molar-refractivity contribution in [2.75, 3.05) is 4.90 Å². The van der Waals surface area contributed by atoms with Crippen molar-refractivity contribution < 1.29 is 0 Å². The Morgan fingerprint density at radius 1 is 0.183 bits per heavy atom. The lowest BCUT2D eigenvalue weighted by Gasteiger charge is -2.31. The molecule has 0 aliphatic heterocycles. The summed E-state index contributed by atoms with van der Waals surface area (Å²) in [6.45, 7) is 0. The standard InChI is InChI=1S/C70H49N/c1-5-23-51(24-6-1)58-33-13-14-34-61(58)62-35-15-16-36-63(62)64-37-17-19-41-68(64)71(69-42-20-18-38-65(69)66-40-22-32-55-31-21-39-60(70(55)66)53-27-9-3-10-28-53)57-46-43-50(44-47-57)56-45-48-59(52-25-7-2-8-26-52)67(49-56)54-29-11-4-12-30-54/h1-49H. The molecule has 12 aromatic carbocycles. The molecular formula is C70H49N. The van der Waals surface area contributed by atoms with E-state index in [1.807, 2.05) is 0 Å². The summed E-state index contributed by atoms with van der Waals surface area (Å²) in [5.41, 5.74) is 22.2. The SMILES string of the molecule is c1ccc(-c2ccc(-c3ccc(N(c4ccccc4-c4ccccc4-c4ccccc4-c4ccccc4)c4ccccc4-c4cccc5cccc(-c6ccccc6)c45)cc3)cc2-c2ccccc2)cc1. The van der Waals surface area contributed by atoms with E-state index in [1.165, 1.54) is 72.0 Å². The van der Waals surface area contributed by atoms with Crippen molar-refractivity contribution in [1.82, 2.24) is 0 Å². The van der Waals surface area contributed by atoms with E-state index in [9.17, 15) is 0 Å². The van der Waals surface area contributed by atoms with Crippen LogP contribution in [-0.4, -0.2) is 0 Å². The maximum atomic E-state index is 2.48. The van der Waals surface area contributed by atoms with Crippen LogP contribution in [0.25, 0.3) is 99.8 Å². The molecule has 0 fully saturated rings. The van der Waals surface area contributed by atoms with Gasteiger partial charge in [0.15, 0.2) is 0 Å². The minimum absolute atomic E-state index is 1.06. The third-order valence-corrected chi connectivity index (χ3v) is 13.7. The quantitative estimate of drug-likeness (QED) is 0.125. The van der Waals surface area contributed by atoms with E-state index in [0.717, 1.165) is 44.9 Å². The molecule has 0 bridgehead atoms. The highest BCUT2D eigenvalue weighted by atomic mass is 15.1. The Morgan fingerprint density at radius 3 is 1.07 bits per heavy atom. The van der Waals surface area contributed by atoms with E-state index in [4.69, 9.17) is 0 Å². The second-order valence-electron chi connectivity index (χ2n) is 17.9. The molecule has 0 aliphatic rings. The van der Waals surface area contributed by atoms with E-state index in [1.54, 1.807) is 0 Å². The van der Waals surface area contributed by atoms with Gasteiger partial charge in [0, 0.05) is 16.8 Å². The van der Waals surface area contributed by atoms with Gasteiger partial charge in [0.05, 0.1) is 11.4 Å². The average molecular weight is 904 g/mol. The largest absolute Gasteiger partial charge is 0.309 e. The monoisotopic (exact) mass is 903 g/mol. The summed E-state index contributed by atoms with van der Waals surface area (Å²) in [4.78, 5) is 2.48. The number of benzene rings is 12. The Bertz CT molecular complexity index is 3780. The van der Waals surface area contributed by atoms with Crippen molar-refractivity contribution in [2.24, 2.45) is 0 Å². The summed E-state index contributed by atoms with van der Waals surface area (Å²) in [6, 6.07) is 108. The number of hydrogen-bond donors (Lipinski definition) is 0. The van der Waals surface area contributed by atoms with E-state index < -0.39 is 0 Å². The van der Waals surface area contributed by atoms with Crippen LogP contribution in [0.4, 0.5) is 17.1 Å². The van der Waals surface area contributed by atoms with Gasteiger partial charge in [0.1, 0.15) is 0 Å². The number of nitrogens with zero attached hydrogens (tertiary/aromatic N) is 1. The molecule has 0 spiro atoms. The highest BCUT2D eigenvalue weighted by molar-refractivity contribution is 6.09. The number of para-hydroxylation sites is 2. The Balaban J connectivity index is 1.06. The van der Waals surface area contributed by atoms with Gasteiger partial charge in [0.25, 0.3) is 0 Å². The van der Waals surface area contributed by atoms with Crippen molar-refractivity contribution >= 4 is 27.8 Å². The Morgan fingerprint density at radius 2 is 0.535 bits per heavy atom. The zero-order chi connectivity index (χ0) is 47.3. The van der Waals surface area contributed by atoms with E-state index >= 15 is 0 Å². The molecule has 0 saturated carbocycles. The van der Waals surface area contributed by atoms with Gasteiger partial charge in [-0.1, -0.05) is 267 Å². The molecule has 0 radical (unpaired) electrons. The Hall–Kier alpha value is -9.30. The van der Waals surface area contributed by atoms with Gasteiger partial charge < -0.3 is 4.90 Å². The van der Waals surface area contributed by atoms with Crippen molar-refractivity contribution in [3.05, 3.63) is 297 Å². The molecule has 334 valence electrons. The molecule has 0 unspecified atom stereocenters. The lowest BCUT2D eigenvalue weighted by molar-refractivity contribution is 1.28. The highest BCUT2D eigenvalue weighted by Crippen LogP contribution is 2.49. The summed E-state index contributed by atoms with van der Waals surface area (Å²) < 4.78 is 0. The predicted molar refractivity (Wildman–Crippen MR) is 302 cm³/mol. The second kappa shape index (κ2) is 19.4. The van der Waals surface area contributed by atoms with Crippen LogP contribution in [0.2, 0.25) is 0 Å². The normalized spacial score (nSPS) is 11.1. The van der Waals surface area contributed by atoms with Crippen LogP contribution in [0.15, 0.2) is 297 Å². The first kappa shape index (κ1) is 43.0. The summed E-state index contributed by atoms with van der Waals surface area (Å²) in [7, 11) is 0. The van der Waals surface area contributed by atoms with Crippen molar-refractivity contribution in [1.29, 1.82) is 0 Å². The van der Waals surface area contributed by atoms with E-state index in [0.29, 0.717) is 0 Å². The minimum Gasteiger partial charge on any atom is -0.309 e. The molecule has 12 aromatic rings. The molecule has 0 saturated heterocycles. The predicted octanol–water partition coefficient (Wildman–Crippen LogP) is 19.6. The lowest BCUT2D eigenvalue weighted by Crippen LogP contribution is -2.12. The minimum atomic E-state index is 1.06. The zero-order valence-electron chi connectivity index (χ0n) is 39.2. The van der Waals surface area contributed by atoms with Crippen LogP contribution >= 0.6 is 0 Å². The summed E-state index contributed by atoms with van der Waals surface area (Å²) in [5, 5.41) is 2.43. The van der Waals surface area contributed by atoms with Crippen molar-refractivity contribution in [3.8, 4) is 89.0 Å².